The van der Waals surface area contributed by atoms with E-state index in [1.54, 1.807) is 67.1 Å². The number of carbonyl (C=O) groups excluding carboxylic acids is 2. The minimum absolute atomic E-state index is 0.149. The molecular formula is C24H28N4O5S. The molecule has 180 valence electrons. The summed E-state index contributed by atoms with van der Waals surface area (Å²) >= 11 is 0. The first-order chi connectivity index (χ1) is 16.2. The van der Waals surface area contributed by atoms with Crippen molar-refractivity contribution in [3.8, 4) is 5.75 Å². The van der Waals surface area contributed by atoms with Crippen LogP contribution in [0.25, 0.3) is 0 Å². The molecular weight excluding hydrogens is 456 g/mol. The third-order valence-corrected chi connectivity index (χ3v) is 6.15. The van der Waals surface area contributed by atoms with Crippen molar-refractivity contribution >= 4 is 27.3 Å². The summed E-state index contributed by atoms with van der Waals surface area (Å²) in [7, 11) is -1.60. The topological polar surface area (TPSA) is 111 Å². The SMILES string of the molecule is CN(CCCOc1cccc(S(C)(=O)=O)c1)C(=O)c1cccc(NC(=O)CCn2ccnc2)c1. The molecule has 3 rings (SSSR count). The van der Waals surface area contributed by atoms with Gasteiger partial charge in [-0.1, -0.05) is 12.1 Å². The average Bonchev–Trinajstić information content (AvgIpc) is 3.33. The summed E-state index contributed by atoms with van der Waals surface area (Å²) in [5.74, 6) is 0.144. The number of sulfone groups is 1. The van der Waals surface area contributed by atoms with E-state index in [4.69, 9.17) is 4.74 Å². The molecule has 0 atom stereocenters. The Balaban J connectivity index is 1.46. The van der Waals surface area contributed by atoms with Gasteiger partial charge in [0.05, 0.1) is 17.8 Å². The number of aromatic nitrogens is 2. The second kappa shape index (κ2) is 11.5. The van der Waals surface area contributed by atoms with Gasteiger partial charge in [0.1, 0.15) is 5.75 Å². The Hall–Kier alpha value is -3.66. The van der Waals surface area contributed by atoms with Gasteiger partial charge in [-0.05, 0) is 42.8 Å². The van der Waals surface area contributed by atoms with Gasteiger partial charge in [-0.3, -0.25) is 9.59 Å². The van der Waals surface area contributed by atoms with Gasteiger partial charge >= 0.3 is 0 Å². The lowest BCUT2D eigenvalue weighted by atomic mass is 10.1. The van der Waals surface area contributed by atoms with Crippen molar-refractivity contribution in [2.24, 2.45) is 0 Å². The van der Waals surface area contributed by atoms with E-state index < -0.39 is 9.84 Å². The highest BCUT2D eigenvalue weighted by Crippen LogP contribution is 2.18. The molecule has 1 aromatic heterocycles. The van der Waals surface area contributed by atoms with Crippen molar-refractivity contribution in [3.05, 3.63) is 72.8 Å². The molecule has 0 aliphatic rings. The molecule has 2 amide bonds. The van der Waals surface area contributed by atoms with E-state index in [9.17, 15) is 18.0 Å². The Morgan fingerprint density at radius 3 is 2.68 bits per heavy atom. The van der Waals surface area contributed by atoms with Gasteiger partial charge in [0, 0.05) is 56.5 Å². The minimum atomic E-state index is -3.30. The zero-order chi connectivity index (χ0) is 24.6. The second-order valence-corrected chi connectivity index (χ2v) is 9.87. The monoisotopic (exact) mass is 484 g/mol. The number of anilines is 1. The fourth-order valence-electron chi connectivity index (χ4n) is 3.21. The molecule has 9 nitrogen and oxygen atoms in total. The number of hydrogen-bond acceptors (Lipinski definition) is 6. The van der Waals surface area contributed by atoms with Gasteiger partial charge < -0.3 is 19.5 Å². The molecule has 10 heteroatoms. The van der Waals surface area contributed by atoms with Crippen LogP contribution >= 0.6 is 0 Å². The Bertz CT molecular complexity index is 1230. The van der Waals surface area contributed by atoms with E-state index in [1.807, 2.05) is 4.57 Å². The quantitative estimate of drug-likeness (QED) is 0.419. The number of amides is 2. The summed E-state index contributed by atoms with van der Waals surface area (Å²) in [5.41, 5.74) is 1.03. The first-order valence-corrected chi connectivity index (χ1v) is 12.7. The molecule has 0 radical (unpaired) electrons. The van der Waals surface area contributed by atoms with Crippen LogP contribution in [-0.4, -0.2) is 61.1 Å². The molecule has 0 spiro atoms. The normalized spacial score (nSPS) is 11.1. The maximum Gasteiger partial charge on any atom is 0.253 e. The molecule has 3 aromatic rings. The van der Waals surface area contributed by atoms with Crippen molar-refractivity contribution in [2.45, 2.75) is 24.3 Å². The van der Waals surface area contributed by atoms with E-state index in [0.717, 1.165) is 6.26 Å². The maximum atomic E-state index is 12.8. The first-order valence-electron chi connectivity index (χ1n) is 10.8. The van der Waals surface area contributed by atoms with Crippen molar-refractivity contribution in [3.63, 3.8) is 0 Å². The number of nitrogens with zero attached hydrogens (tertiary/aromatic N) is 3. The summed E-state index contributed by atoms with van der Waals surface area (Å²) in [4.78, 5) is 30.7. The summed E-state index contributed by atoms with van der Waals surface area (Å²) in [6, 6.07) is 13.1. The van der Waals surface area contributed by atoms with Crippen LogP contribution < -0.4 is 10.1 Å². The second-order valence-electron chi connectivity index (χ2n) is 7.86. The number of benzene rings is 2. The summed E-state index contributed by atoms with van der Waals surface area (Å²) in [5, 5.41) is 2.82. The summed E-state index contributed by atoms with van der Waals surface area (Å²) in [6.45, 7) is 1.30. The lowest BCUT2D eigenvalue weighted by Crippen LogP contribution is -2.28. The molecule has 1 N–H and O–H groups in total. The predicted octanol–water partition coefficient (Wildman–Crippen LogP) is 2.86. The lowest BCUT2D eigenvalue weighted by Gasteiger charge is -2.18. The van der Waals surface area contributed by atoms with Crippen LogP contribution in [0.4, 0.5) is 5.69 Å². The van der Waals surface area contributed by atoms with Crippen LogP contribution in [0.15, 0.2) is 72.1 Å². The van der Waals surface area contributed by atoms with Crippen LogP contribution in [0.2, 0.25) is 0 Å². The average molecular weight is 485 g/mol. The fraction of sp³-hybridized carbons (Fsp3) is 0.292. The number of carbonyl (C=O) groups is 2. The van der Waals surface area contributed by atoms with E-state index in [-0.39, 0.29) is 16.7 Å². The molecule has 34 heavy (non-hydrogen) atoms. The summed E-state index contributed by atoms with van der Waals surface area (Å²) in [6.07, 6.45) is 7.11. The summed E-state index contributed by atoms with van der Waals surface area (Å²) < 4.78 is 30.8. The zero-order valence-electron chi connectivity index (χ0n) is 19.2. The molecule has 0 saturated heterocycles. The van der Waals surface area contributed by atoms with Gasteiger partial charge in [0.2, 0.25) is 5.91 Å². The standard InChI is InChI=1S/C24H28N4O5S/c1-27(12-5-15-33-21-8-4-9-22(17-21)34(2,31)32)24(30)19-6-3-7-20(16-19)26-23(29)10-13-28-14-11-25-18-28/h3-4,6-9,11,14,16-18H,5,10,12-13,15H2,1-2H3,(H,26,29). The number of aryl methyl sites for hydroxylation is 1. The number of imidazole rings is 1. The number of hydrogen-bond donors (Lipinski definition) is 1. The lowest BCUT2D eigenvalue weighted by molar-refractivity contribution is -0.116. The Morgan fingerprint density at radius 1 is 1.15 bits per heavy atom. The van der Waals surface area contributed by atoms with Crippen molar-refractivity contribution in [1.29, 1.82) is 0 Å². The largest absolute Gasteiger partial charge is 0.493 e. The van der Waals surface area contributed by atoms with Crippen molar-refractivity contribution in [1.82, 2.24) is 14.5 Å². The highest BCUT2D eigenvalue weighted by molar-refractivity contribution is 7.90. The molecule has 0 unspecified atom stereocenters. The van der Waals surface area contributed by atoms with Gasteiger partial charge in [-0.15, -0.1) is 0 Å². The van der Waals surface area contributed by atoms with Gasteiger partial charge in [0.15, 0.2) is 9.84 Å². The zero-order valence-corrected chi connectivity index (χ0v) is 20.0. The van der Waals surface area contributed by atoms with Crippen LogP contribution in [-0.2, 0) is 21.2 Å². The Kier molecular flexibility index (Phi) is 8.42. The van der Waals surface area contributed by atoms with Crippen LogP contribution in [0.1, 0.15) is 23.2 Å². The molecule has 0 aliphatic heterocycles. The highest BCUT2D eigenvalue weighted by atomic mass is 32.2. The smallest absolute Gasteiger partial charge is 0.253 e. The van der Waals surface area contributed by atoms with E-state index in [2.05, 4.69) is 10.3 Å². The van der Waals surface area contributed by atoms with Crippen molar-refractivity contribution in [2.75, 3.05) is 31.8 Å². The number of nitrogens with one attached hydrogen (secondary N) is 1. The van der Waals surface area contributed by atoms with Gasteiger partial charge in [-0.25, -0.2) is 13.4 Å². The van der Waals surface area contributed by atoms with E-state index in [0.29, 0.717) is 49.5 Å². The third-order valence-electron chi connectivity index (χ3n) is 5.04. The molecule has 0 aliphatic carbocycles. The highest BCUT2D eigenvalue weighted by Gasteiger charge is 2.13. The molecule has 1 heterocycles. The Morgan fingerprint density at radius 2 is 1.94 bits per heavy atom. The van der Waals surface area contributed by atoms with E-state index >= 15 is 0 Å². The van der Waals surface area contributed by atoms with E-state index in [1.165, 1.54) is 12.1 Å². The Labute approximate surface area is 199 Å². The first kappa shape index (κ1) is 25.0. The fourth-order valence-corrected chi connectivity index (χ4v) is 3.87. The van der Waals surface area contributed by atoms with Crippen molar-refractivity contribution < 1.29 is 22.7 Å². The molecule has 0 bridgehead atoms. The number of ether oxygens (including phenoxy) is 1. The van der Waals surface area contributed by atoms with Crippen LogP contribution in [0.5, 0.6) is 5.75 Å². The van der Waals surface area contributed by atoms with Crippen LogP contribution in [0, 0.1) is 0 Å². The van der Waals surface area contributed by atoms with Crippen LogP contribution in [0.3, 0.4) is 0 Å². The maximum absolute atomic E-state index is 12.8. The molecule has 2 aromatic carbocycles. The minimum Gasteiger partial charge on any atom is -0.493 e. The molecule has 0 saturated carbocycles. The van der Waals surface area contributed by atoms with Gasteiger partial charge in [-0.2, -0.15) is 0 Å². The third kappa shape index (κ3) is 7.45. The van der Waals surface area contributed by atoms with Gasteiger partial charge in [0.25, 0.3) is 5.91 Å². The predicted molar refractivity (Wildman–Crippen MR) is 129 cm³/mol. The number of rotatable bonds is 11. The molecule has 0 fully saturated rings.